The van der Waals surface area contributed by atoms with E-state index in [1.54, 1.807) is 12.1 Å². The van der Waals surface area contributed by atoms with Crippen molar-refractivity contribution in [2.24, 2.45) is 0 Å². The number of carboxylic acid groups (broad SMARTS) is 1. The second-order valence-corrected chi connectivity index (χ2v) is 8.95. The number of benzene rings is 5. The van der Waals surface area contributed by atoms with Gasteiger partial charge in [0.25, 0.3) is 0 Å². The van der Waals surface area contributed by atoms with Gasteiger partial charge < -0.3 is 5.11 Å². The number of hydrogen-bond acceptors (Lipinski definition) is 1. The minimum Gasteiger partial charge on any atom is -0.478 e. The van der Waals surface area contributed by atoms with Crippen LogP contribution in [0.2, 0.25) is 0 Å². The Bertz CT molecular complexity index is 1400. The average molecular weight is 505 g/mol. The Morgan fingerprint density at radius 2 is 1.03 bits per heavy atom. The molecule has 0 saturated heterocycles. The van der Waals surface area contributed by atoms with Crippen LogP contribution >= 0.6 is 15.9 Å². The molecule has 2 nitrogen and oxygen atoms in total. The van der Waals surface area contributed by atoms with Crippen LogP contribution in [-0.4, -0.2) is 11.1 Å². The standard InChI is InChI=1S/C31H21BrO2/c32-25-17-15-21(16-18-25)24-19-28(22-9-3-1-4-10-22)30(26-13-7-8-14-27(26)31(33)34)29(20-24)23-11-5-2-6-12-23/h1-20H,(H,33,34). The fraction of sp³-hybridized carbons (Fsp3) is 0. The molecule has 0 heterocycles. The summed E-state index contributed by atoms with van der Waals surface area (Å²) in [5.41, 5.74) is 8.13. The SMILES string of the molecule is O=C(O)c1ccccc1-c1c(-c2ccccc2)cc(-c2ccc(Br)cc2)cc1-c1ccccc1. The van der Waals surface area contributed by atoms with Gasteiger partial charge in [-0.25, -0.2) is 4.79 Å². The maximum absolute atomic E-state index is 12.2. The summed E-state index contributed by atoms with van der Waals surface area (Å²) in [7, 11) is 0. The molecule has 34 heavy (non-hydrogen) atoms. The Balaban J connectivity index is 1.91. The van der Waals surface area contributed by atoms with Crippen molar-refractivity contribution in [3.63, 3.8) is 0 Å². The first-order chi connectivity index (χ1) is 16.6. The van der Waals surface area contributed by atoms with Crippen LogP contribution in [0, 0.1) is 0 Å². The first-order valence-corrected chi connectivity index (χ1v) is 11.8. The molecule has 5 rings (SSSR count). The van der Waals surface area contributed by atoms with Crippen LogP contribution in [0.5, 0.6) is 0 Å². The molecule has 5 aromatic rings. The lowest BCUT2D eigenvalue weighted by Gasteiger charge is -2.20. The quantitative estimate of drug-likeness (QED) is 0.259. The molecule has 0 aliphatic carbocycles. The molecule has 0 radical (unpaired) electrons. The minimum absolute atomic E-state index is 0.285. The van der Waals surface area contributed by atoms with Gasteiger partial charge in [-0.05, 0) is 74.8 Å². The van der Waals surface area contributed by atoms with Gasteiger partial charge >= 0.3 is 5.97 Å². The minimum atomic E-state index is -0.939. The van der Waals surface area contributed by atoms with Crippen LogP contribution in [-0.2, 0) is 0 Å². The molecular weight excluding hydrogens is 484 g/mol. The molecule has 3 heteroatoms. The smallest absolute Gasteiger partial charge is 0.336 e. The van der Waals surface area contributed by atoms with Crippen LogP contribution in [0.1, 0.15) is 10.4 Å². The van der Waals surface area contributed by atoms with Gasteiger partial charge in [0.1, 0.15) is 0 Å². The van der Waals surface area contributed by atoms with E-state index in [9.17, 15) is 9.90 Å². The molecule has 0 bridgehead atoms. The van der Waals surface area contributed by atoms with Crippen molar-refractivity contribution in [2.75, 3.05) is 0 Å². The van der Waals surface area contributed by atoms with Gasteiger partial charge in [-0.2, -0.15) is 0 Å². The average Bonchev–Trinajstić information content (AvgIpc) is 2.89. The topological polar surface area (TPSA) is 37.3 Å². The number of rotatable bonds is 5. The lowest BCUT2D eigenvalue weighted by atomic mass is 9.83. The van der Waals surface area contributed by atoms with Crippen LogP contribution in [0.15, 0.2) is 126 Å². The van der Waals surface area contributed by atoms with Crippen LogP contribution in [0.4, 0.5) is 0 Å². The number of carboxylic acids is 1. The van der Waals surface area contributed by atoms with Crippen LogP contribution in [0.25, 0.3) is 44.5 Å². The number of halogens is 1. The summed E-state index contributed by atoms with van der Waals surface area (Å²) < 4.78 is 1.02. The van der Waals surface area contributed by atoms with Gasteiger partial charge in [0.05, 0.1) is 5.56 Å². The van der Waals surface area contributed by atoms with Gasteiger partial charge in [0.15, 0.2) is 0 Å². The second kappa shape index (κ2) is 9.50. The highest BCUT2D eigenvalue weighted by molar-refractivity contribution is 9.10. The lowest BCUT2D eigenvalue weighted by Crippen LogP contribution is -2.01. The van der Waals surface area contributed by atoms with Crippen LogP contribution in [0.3, 0.4) is 0 Å². The number of hydrogen-bond donors (Lipinski definition) is 1. The van der Waals surface area contributed by atoms with Crippen molar-refractivity contribution in [3.05, 3.63) is 131 Å². The van der Waals surface area contributed by atoms with E-state index in [1.807, 2.05) is 60.7 Å². The Kier molecular flexibility index (Phi) is 6.11. The summed E-state index contributed by atoms with van der Waals surface area (Å²) in [6, 6.07) is 40.1. The fourth-order valence-corrected chi connectivity index (χ4v) is 4.58. The third-order valence-electron chi connectivity index (χ3n) is 5.91. The zero-order valence-corrected chi connectivity index (χ0v) is 19.9. The molecule has 0 unspecified atom stereocenters. The molecule has 0 saturated carbocycles. The maximum Gasteiger partial charge on any atom is 0.336 e. The molecule has 164 valence electrons. The van der Waals surface area contributed by atoms with Crippen molar-refractivity contribution in [2.45, 2.75) is 0 Å². The Labute approximate surface area is 207 Å². The van der Waals surface area contributed by atoms with Gasteiger partial charge in [0.2, 0.25) is 0 Å². The molecular formula is C31H21BrO2. The summed E-state index contributed by atoms with van der Waals surface area (Å²) in [6.07, 6.45) is 0. The monoisotopic (exact) mass is 504 g/mol. The second-order valence-electron chi connectivity index (χ2n) is 8.04. The van der Waals surface area contributed by atoms with Crippen molar-refractivity contribution < 1.29 is 9.90 Å². The van der Waals surface area contributed by atoms with E-state index >= 15 is 0 Å². The zero-order valence-electron chi connectivity index (χ0n) is 18.3. The first kappa shape index (κ1) is 21.9. The normalized spacial score (nSPS) is 10.7. The molecule has 5 aromatic carbocycles. The third kappa shape index (κ3) is 4.30. The molecule has 0 spiro atoms. The largest absolute Gasteiger partial charge is 0.478 e. The van der Waals surface area contributed by atoms with E-state index < -0.39 is 5.97 Å². The van der Waals surface area contributed by atoms with E-state index in [0.29, 0.717) is 5.56 Å². The third-order valence-corrected chi connectivity index (χ3v) is 6.44. The van der Waals surface area contributed by atoms with Gasteiger partial charge in [0, 0.05) is 4.47 Å². The summed E-state index contributed by atoms with van der Waals surface area (Å²) in [5, 5.41) is 10.0. The highest BCUT2D eigenvalue weighted by atomic mass is 79.9. The number of carbonyl (C=O) groups is 1. The molecule has 0 aliphatic heterocycles. The Morgan fingerprint density at radius 1 is 0.529 bits per heavy atom. The Morgan fingerprint density at radius 3 is 1.56 bits per heavy atom. The van der Waals surface area contributed by atoms with Crippen molar-refractivity contribution in [1.29, 1.82) is 0 Å². The molecule has 0 fully saturated rings. The number of aromatic carboxylic acids is 1. The van der Waals surface area contributed by atoms with E-state index in [-0.39, 0.29) is 5.56 Å². The molecule has 0 aliphatic rings. The molecule has 1 N–H and O–H groups in total. The molecule has 0 atom stereocenters. The van der Waals surface area contributed by atoms with Crippen molar-refractivity contribution in [3.8, 4) is 44.5 Å². The summed E-state index contributed by atoms with van der Waals surface area (Å²) in [4.78, 5) is 12.2. The van der Waals surface area contributed by atoms with Gasteiger partial charge in [-0.1, -0.05) is 107 Å². The summed E-state index contributed by atoms with van der Waals surface area (Å²) >= 11 is 3.53. The maximum atomic E-state index is 12.2. The lowest BCUT2D eigenvalue weighted by molar-refractivity contribution is 0.0697. The van der Waals surface area contributed by atoms with Gasteiger partial charge in [-0.15, -0.1) is 0 Å². The highest BCUT2D eigenvalue weighted by Gasteiger charge is 2.21. The highest BCUT2D eigenvalue weighted by Crippen LogP contribution is 2.44. The zero-order chi connectivity index (χ0) is 23.5. The molecule has 0 amide bonds. The van der Waals surface area contributed by atoms with Crippen molar-refractivity contribution in [1.82, 2.24) is 0 Å². The predicted octanol–water partition coefficient (Wildman–Crippen LogP) is 8.82. The van der Waals surface area contributed by atoms with Crippen LogP contribution < -0.4 is 0 Å². The summed E-state index contributed by atoms with van der Waals surface area (Å²) in [5.74, 6) is -0.939. The van der Waals surface area contributed by atoms with Crippen molar-refractivity contribution >= 4 is 21.9 Å². The van der Waals surface area contributed by atoms with E-state index in [1.165, 1.54) is 0 Å². The van der Waals surface area contributed by atoms with Gasteiger partial charge in [-0.3, -0.25) is 0 Å². The fourth-order valence-electron chi connectivity index (χ4n) is 4.32. The predicted molar refractivity (Wildman–Crippen MR) is 143 cm³/mol. The van der Waals surface area contributed by atoms with E-state index in [2.05, 4.69) is 64.5 Å². The van der Waals surface area contributed by atoms with E-state index in [0.717, 1.165) is 43.4 Å². The Hall–Kier alpha value is -3.95. The summed E-state index contributed by atoms with van der Waals surface area (Å²) in [6.45, 7) is 0. The first-order valence-electron chi connectivity index (χ1n) is 11.0. The molecule has 0 aromatic heterocycles. The van der Waals surface area contributed by atoms with E-state index in [4.69, 9.17) is 0 Å².